The molecule has 1 aromatic rings. The summed E-state index contributed by atoms with van der Waals surface area (Å²) in [7, 11) is 0. The van der Waals surface area contributed by atoms with Gasteiger partial charge in [-0.25, -0.2) is 0 Å². The zero-order valence-electron chi connectivity index (χ0n) is 10.0. The van der Waals surface area contributed by atoms with Gasteiger partial charge >= 0.3 is 0 Å². The van der Waals surface area contributed by atoms with Crippen molar-refractivity contribution in [1.82, 2.24) is 15.1 Å². The first kappa shape index (κ1) is 13.3. The van der Waals surface area contributed by atoms with E-state index < -0.39 is 0 Å². The highest BCUT2D eigenvalue weighted by Crippen LogP contribution is 2.15. The van der Waals surface area contributed by atoms with Crippen LogP contribution in [0.15, 0.2) is 0 Å². The molecule has 0 aromatic carbocycles. The maximum Gasteiger partial charge on any atom is 0.285 e. The number of carbonyl (C=O) groups excluding carboxylic acids is 1. The molecule has 6 nitrogen and oxygen atoms in total. The van der Waals surface area contributed by atoms with Crippen LogP contribution in [0.1, 0.15) is 11.9 Å². The summed E-state index contributed by atoms with van der Waals surface area (Å²) >= 11 is 6.51. The molecule has 2 rings (SSSR count). The minimum Gasteiger partial charge on any atom is -0.378 e. The second-order valence-electron chi connectivity index (χ2n) is 3.71. The molecule has 0 atom stereocenters. The molecule has 0 unspecified atom stereocenters. The molecule has 8 heteroatoms. The molecule has 1 N–H and O–H groups in total. The topological polar surface area (TPSA) is 67.4 Å². The van der Waals surface area contributed by atoms with Crippen LogP contribution in [0.2, 0.25) is 0 Å². The third kappa shape index (κ3) is 3.21. The van der Waals surface area contributed by atoms with E-state index in [2.05, 4.69) is 15.5 Å². The van der Waals surface area contributed by atoms with E-state index in [1.165, 1.54) is 11.3 Å². The van der Waals surface area contributed by atoms with Gasteiger partial charge in [0.15, 0.2) is 4.99 Å². The first-order valence-electron chi connectivity index (χ1n) is 5.71. The summed E-state index contributed by atoms with van der Waals surface area (Å²) in [6.07, 6.45) is 0.807. The number of nitrogens with one attached hydrogen (secondary N) is 1. The predicted molar refractivity (Wildman–Crippen MR) is 72.9 cm³/mol. The SMILES string of the molecule is CCc1nnc(NC(=O)C(=S)N2CCOCC2)s1. The lowest BCUT2D eigenvalue weighted by Crippen LogP contribution is -2.44. The van der Waals surface area contributed by atoms with E-state index in [-0.39, 0.29) is 10.9 Å². The third-order valence-corrected chi connectivity index (χ3v) is 3.91. The number of thiocarbonyl (C=S) groups is 1. The highest BCUT2D eigenvalue weighted by molar-refractivity contribution is 7.82. The van der Waals surface area contributed by atoms with E-state index in [1.54, 1.807) is 0 Å². The van der Waals surface area contributed by atoms with Crippen molar-refractivity contribution in [1.29, 1.82) is 0 Å². The van der Waals surface area contributed by atoms with Crippen LogP contribution in [0.25, 0.3) is 0 Å². The number of aryl methyl sites for hydroxylation is 1. The Balaban J connectivity index is 1.92. The van der Waals surface area contributed by atoms with Gasteiger partial charge < -0.3 is 9.64 Å². The maximum absolute atomic E-state index is 11.9. The number of ether oxygens (including phenoxy) is 1. The van der Waals surface area contributed by atoms with E-state index in [9.17, 15) is 4.79 Å². The molecular formula is C10H14N4O2S2. The Kier molecular flexibility index (Phi) is 4.56. The highest BCUT2D eigenvalue weighted by Gasteiger charge is 2.20. The Hall–Kier alpha value is -1.12. The molecule has 2 heterocycles. The molecule has 0 aliphatic carbocycles. The fourth-order valence-electron chi connectivity index (χ4n) is 1.51. The second kappa shape index (κ2) is 6.17. The summed E-state index contributed by atoms with van der Waals surface area (Å²) in [5, 5.41) is 11.9. The Labute approximate surface area is 114 Å². The number of hydrogen-bond acceptors (Lipinski definition) is 6. The number of aromatic nitrogens is 2. The Morgan fingerprint density at radius 1 is 1.50 bits per heavy atom. The van der Waals surface area contributed by atoms with Crippen molar-refractivity contribution in [3.05, 3.63) is 5.01 Å². The molecular weight excluding hydrogens is 272 g/mol. The number of carbonyl (C=O) groups is 1. The summed E-state index contributed by atoms with van der Waals surface area (Å²) in [6, 6.07) is 0. The van der Waals surface area contributed by atoms with Crippen LogP contribution in [-0.2, 0) is 16.0 Å². The summed E-state index contributed by atoms with van der Waals surface area (Å²) in [6.45, 7) is 4.51. The number of hydrogen-bond donors (Lipinski definition) is 1. The smallest absolute Gasteiger partial charge is 0.285 e. The van der Waals surface area contributed by atoms with Crippen molar-refractivity contribution < 1.29 is 9.53 Å². The summed E-state index contributed by atoms with van der Waals surface area (Å²) in [5.74, 6) is -0.300. The summed E-state index contributed by atoms with van der Waals surface area (Å²) in [5.41, 5.74) is 0. The van der Waals surface area contributed by atoms with Gasteiger partial charge in [0.2, 0.25) is 5.13 Å². The van der Waals surface area contributed by atoms with E-state index in [1.807, 2.05) is 11.8 Å². The van der Waals surface area contributed by atoms with Crippen molar-refractivity contribution in [2.75, 3.05) is 31.6 Å². The first-order chi connectivity index (χ1) is 8.70. The van der Waals surface area contributed by atoms with Crippen LogP contribution < -0.4 is 5.32 Å². The van der Waals surface area contributed by atoms with Crippen LogP contribution in [0.5, 0.6) is 0 Å². The van der Waals surface area contributed by atoms with Crippen LogP contribution in [-0.4, -0.2) is 52.3 Å². The molecule has 0 saturated carbocycles. The largest absolute Gasteiger partial charge is 0.378 e. The normalized spacial score (nSPS) is 15.5. The molecule has 0 bridgehead atoms. The molecule has 0 radical (unpaired) electrons. The predicted octanol–water partition coefficient (Wildman–Crippen LogP) is 0.699. The molecule has 98 valence electrons. The lowest BCUT2D eigenvalue weighted by atomic mass is 10.4. The molecule has 18 heavy (non-hydrogen) atoms. The van der Waals surface area contributed by atoms with Gasteiger partial charge in [-0.15, -0.1) is 10.2 Å². The molecule has 0 spiro atoms. The van der Waals surface area contributed by atoms with Gasteiger partial charge in [0.25, 0.3) is 5.91 Å². The number of rotatable bonds is 2. The molecule has 1 aromatic heterocycles. The number of nitrogens with zero attached hydrogens (tertiary/aromatic N) is 3. The first-order valence-corrected chi connectivity index (χ1v) is 6.93. The van der Waals surface area contributed by atoms with E-state index in [0.29, 0.717) is 31.4 Å². The van der Waals surface area contributed by atoms with Crippen molar-refractivity contribution in [2.45, 2.75) is 13.3 Å². The fourth-order valence-corrected chi connectivity index (χ4v) is 2.42. The van der Waals surface area contributed by atoms with Gasteiger partial charge in [-0.05, 0) is 6.42 Å². The quantitative estimate of drug-likeness (QED) is 0.807. The van der Waals surface area contributed by atoms with E-state index in [4.69, 9.17) is 17.0 Å². The number of amides is 1. The van der Waals surface area contributed by atoms with Gasteiger partial charge in [-0.3, -0.25) is 10.1 Å². The average Bonchev–Trinajstić information content (AvgIpc) is 2.86. The molecule has 1 saturated heterocycles. The lowest BCUT2D eigenvalue weighted by Gasteiger charge is -2.28. The molecule has 1 fully saturated rings. The van der Waals surface area contributed by atoms with Gasteiger partial charge in [0.1, 0.15) is 5.01 Å². The fraction of sp³-hybridized carbons (Fsp3) is 0.600. The van der Waals surface area contributed by atoms with Crippen LogP contribution >= 0.6 is 23.6 Å². The Morgan fingerprint density at radius 2 is 2.22 bits per heavy atom. The van der Waals surface area contributed by atoms with Crippen LogP contribution in [0.3, 0.4) is 0 Å². The van der Waals surface area contributed by atoms with Gasteiger partial charge in [-0.1, -0.05) is 30.5 Å². The monoisotopic (exact) mass is 286 g/mol. The zero-order chi connectivity index (χ0) is 13.0. The molecule has 1 aliphatic rings. The maximum atomic E-state index is 11.9. The van der Waals surface area contributed by atoms with E-state index >= 15 is 0 Å². The van der Waals surface area contributed by atoms with Crippen LogP contribution in [0, 0.1) is 0 Å². The molecule has 1 amide bonds. The van der Waals surface area contributed by atoms with E-state index in [0.717, 1.165) is 11.4 Å². The Bertz CT molecular complexity index is 443. The number of anilines is 1. The standard InChI is InChI=1S/C10H14N4O2S2/c1-2-7-12-13-10(18-7)11-8(15)9(17)14-3-5-16-6-4-14/h2-6H2,1H3,(H,11,13,15). The van der Waals surface area contributed by atoms with Gasteiger partial charge in [-0.2, -0.15) is 0 Å². The van der Waals surface area contributed by atoms with Crippen LogP contribution in [0.4, 0.5) is 5.13 Å². The van der Waals surface area contributed by atoms with Crippen molar-refractivity contribution in [2.24, 2.45) is 0 Å². The number of morpholine rings is 1. The highest BCUT2D eigenvalue weighted by atomic mass is 32.1. The second-order valence-corrected chi connectivity index (χ2v) is 5.16. The minimum atomic E-state index is -0.300. The third-order valence-electron chi connectivity index (χ3n) is 2.48. The minimum absolute atomic E-state index is 0.284. The zero-order valence-corrected chi connectivity index (χ0v) is 11.6. The van der Waals surface area contributed by atoms with Crippen molar-refractivity contribution in [3.8, 4) is 0 Å². The lowest BCUT2D eigenvalue weighted by molar-refractivity contribution is -0.111. The molecule has 1 aliphatic heterocycles. The Morgan fingerprint density at radius 3 is 2.83 bits per heavy atom. The van der Waals surface area contributed by atoms with Crippen molar-refractivity contribution >= 4 is 39.6 Å². The average molecular weight is 286 g/mol. The summed E-state index contributed by atoms with van der Waals surface area (Å²) < 4.78 is 5.21. The van der Waals surface area contributed by atoms with Crippen molar-refractivity contribution in [3.63, 3.8) is 0 Å². The summed E-state index contributed by atoms with van der Waals surface area (Å²) in [4.78, 5) is 14.0. The van der Waals surface area contributed by atoms with Gasteiger partial charge in [0.05, 0.1) is 13.2 Å². The van der Waals surface area contributed by atoms with Gasteiger partial charge in [0, 0.05) is 13.1 Å².